The van der Waals surface area contributed by atoms with Gasteiger partial charge in [-0.15, -0.1) is 11.3 Å². The second-order valence-corrected chi connectivity index (χ2v) is 6.65. The average molecular weight is 269 g/mol. The van der Waals surface area contributed by atoms with Gasteiger partial charge < -0.3 is 5.32 Å². The Morgan fingerprint density at radius 2 is 2.41 bits per heavy atom. The topological polar surface area (TPSA) is 37.3 Å². The third-order valence-electron chi connectivity index (χ3n) is 3.01. The first kappa shape index (κ1) is 12.9. The van der Waals surface area contributed by atoms with E-state index in [1.54, 1.807) is 11.3 Å². The number of nitrogens with zero attached hydrogens (tertiary/aromatic N) is 2. The van der Waals surface area contributed by atoms with Gasteiger partial charge in [-0.25, -0.2) is 4.98 Å². The van der Waals surface area contributed by atoms with E-state index >= 15 is 0 Å². The van der Waals surface area contributed by atoms with E-state index in [-0.39, 0.29) is 5.54 Å². The summed E-state index contributed by atoms with van der Waals surface area (Å²) in [5.41, 5.74) is 1.40. The van der Waals surface area contributed by atoms with E-state index in [0.717, 1.165) is 41.0 Å². The molecule has 1 aromatic rings. The number of hydrogen-bond donors (Lipinski definition) is 1. The first-order valence-electron chi connectivity index (χ1n) is 5.98. The molecule has 3 nitrogen and oxygen atoms in total. The second-order valence-electron chi connectivity index (χ2n) is 4.62. The standard InChI is InChI=1S/C12H19N3S2/c1-4-12(3)8-17-11(15-12)13-6-5-10-7-16-9(2)14-10/h7H,4-6,8H2,1-3H3,(H,13,15). The molecular weight excluding hydrogens is 250 g/mol. The molecule has 1 aliphatic rings. The Kier molecular flexibility index (Phi) is 4.09. The molecule has 0 spiro atoms. The molecule has 1 saturated heterocycles. The molecule has 1 atom stereocenters. The highest BCUT2D eigenvalue weighted by atomic mass is 32.2. The predicted octanol–water partition coefficient (Wildman–Crippen LogP) is 2.86. The van der Waals surface area contributed by atoms with E-state index in [0.29, 0.717) is 0 Å². The van der Waals surface area contributed by atoms with Crippen molar-refractivity contribution in [2.24, 2.45) is 4.99 Å². The van der Waals surface area contributed by atoms with Crippen LogP contribution in [0.3, 0.4) is 0 Å². The highest BCUT2D eigenvalue weighted by molar-refractivity contribution is 8.14. The Bertz CT molecular complexity index is 414. The molecule has 0 aliphatic carbocycles. The van der Waals surface area contributed by atoms with Crippen LogP contribution in [0.1, 0.15) is 31.0 Å². The average Bonchev–Trinajstić information content (AvgIpc) is 2.87. The van der Waals surface area contributed by atoms with E-state index in [1.807, 2.05) is 18.7 Å². The van der Waals surface area contributed by atoms with E-state index in [4.69, 9.17) is 0 Å². The Hall–Kier alpha value is -0.550. The smallest absolute Gasteiger partial charge is 0.157 e. The molecule has 2 rings (SSSR count). The van der Waals surface area contributed by atoms with Crippen LogP contribution >= 0.6 is 23.1 Å². The van der Waals surface area contributed by atoms with Gasteiger partial charge in [0.25, 0.3) is 0 Å². The number of amidine groups is 1. The lowest BCUT2D eigenvalue weighted by Gasteiger charge is -2.20. The number of aliphatic imine (C=N–C) groups is 1. The molecule has 2 heterocycles. The summed E-state index contributed by atoms with van der Waals surface area (Å²) in [6, 6.07) is 0. The van der Waals surface area contributed by atoms with Crippen molar-refractivity contribution in [2.75, 3.05) is 12.3 Å². The van der Waals surface area contributed by atoms with Crippen molar-refractivity contribution in [2.45, 2.75) is 39.2 Å². The van der Waals surface area contributed by atoms with Gasteiger partial charge in [-0.1, -0.05) is 18.7 Å². The molecule has 94 valence electrons. The number of thiazole rings is 1. The normalized spacial score (nSPS) is 26.4. The number of aryl methyl sites for hydroxylation is 1. The van der Waals surface area contributed by atoms with Gasteiger partial charge in [-0.2, -0.15) is 0 Å². The van der Waals surface area contributed by atoms with Crippen LogP contribution in [0.4, 0.5) is 0 Å². The van der Waals surface area contributed by atoms with Crippen molar-refractivity contribution >= 4 is 28.3 Å². The van der Waals surface area contributed by atoms with Gasteiger partial charge in [0.1, 0.15) is 0 Å². The molecule has 1 fully saturated rings. The van der Waals surface area contributed by atoms with Gasteiger partial charge >= 0.3 is 0 Å². The zero-order valence-corrected chi connectivity index (χ0v) is 12.2. The van der Waals surface area contributed by atoms with E-state index in [9.17, 15) is 0 Å². The van der Waals surface area contributed by atoms with Crippen LogP contribution in [-0.2, 0) is 6.42 Å². The highest BCUT2D eigenvalue weighted by Gasteiger charge is 2.30. The van der Waals surface area contributed by atoms with Crippen LogP contribution in [-0.4, -0.2) is 28.0 Å². The van der Waals surface area contributed by atoms with Crippen LogP contribution in [0.2, 0.25) is 0 Å². The number of thioether (sulfide) groups is 1. The van der Waals surface area contributed by atoms with Crippen LogP contribution in [0, 0.1) is 6.92 Å². The molecule has 5 heteroatoms. The monoisotopic (exact) mass is 269 g/mol. The van der Waals surface area contributed by atoms with Crippen molar-refractivity contribution < 1.29 is 0 Å². The highest BCUT2D eigenvalue weighted by Crippen LogP contribution is 2.25. The molecule has 0 amide bonds. The maximum atomic E-state index is 4.60. The van der Waals surface area contributed by atoms with Crippen molar-refractivity contribution in [1.29, 1.82) is 0 Å². The lowest BCUT2D eigenvalue weighted by Crippen LogP contribution is -2.39. The fourth-order valence-corrected chi connectivity index (χ4v) is 3.51. The largest absolute Gasteiger partial charge is 0.359 e. The molecule has 0 bridgehead atoms. The minimum absolute atomic E-state index is 0.237. The fourth-order valence-electron chi connectivity index (χ4n) is 1.63. The minimum Gasteiger partial charge on any atom is -0.359 e. The van der Waals surface area contributed by atoms with E-state index in [1.165, 1.54) is 0 Å². The molecule has 0 saturated carbocycles. The summed E-state index contributed by atoms with van der Waals surface area (Å²) in [6.45, 7) is 7.35. The van der Waals surface area contributed by atoms with Gasteiger partial charge in [0.05, 0.1) is 10.7 Å². The van der Waals surface area contributed by atoms with Crippen LogP contribution < -0.4 is 5.32 Å². The van der Waals surface area contributed by atoms with Crippen molar-refractivity contribution in [3.8, 4) is 0 Å². The van der Waals surface area contributed by atoms with Gasteiger partial charge in [0.2, 0.25) is 0 Å². The first-order chi connectivity index (χ1) is 8.11. The van der Waals surface area contributed by atoms with Gasteiger partial charge in [0.15, 0.2) is 5.17 Å². The molecule has 0 aromatic carbocycles. The summed E-state index contributed by atoms with van der Waals surface area (Å²) in [5.74, 6) is 1.12. The van der Waals surface area contributed by atoms with E-state index in [2.05, 4.69) is 34.5 Å². The summed E-state index contributed by atoms with van der Waals surface area (Å²) in [7, 11) is 0. The maximum Gasteiger partial charge on any atom is 0.157 e. The number of nitrogens with one attached hydrogen (secondary N) is 1. The summed E-state index contributed by atoms with van der Waals surface area (Å²) < 4.78 is 0. The Morgan fingerprint density at radius 1 is 1.59 bits per heavy atom. The molecule has 17 heavy (non-hydrogen) atoms. The van der Waals surface area contributed by atoms with Crippen molar-refractivity contribution in [3.05, 3.63) is 16.1 Å². The van der Waals surface area contributed by atoms with Gasteiger partial charge in [-0.05, 0) is 20.3 Å². The number of rotatable bonds is 4. The minimum atomic E-state index is 0.237. The fraction of sp³-hybridized carbons (Fsp3) is 0.667. The van der Waals surface area contributed by atoms with Crippen LogP contribution in [0.15, 0.2) is 10.4 Å². The third-order valence-corrected chi connectivity index (χ3v) is 5.11. The first-order valence-corrected chi connectivity index (χ1v) is 7.84. The number of aromatic nitrogens is 1. The van der Waals surface area contributed by atoms with Gasteiger partial charge in [0, 0.05) is 29.6 Å². The summed E-state index contributed by atoms with van der Waals surface area (Å²) in [5, 5.41) is 7.87. The Morgan fingerprint density at radius 3 is 3.00 bits per heavy atom. The maximum absolute atomic E-state index is 4.60. The summed E-state index contributed by atoms with van der Waals surface area (Å²) >= 11 is 3.55. The zero-order chi connectivity index (χ0) is 12.3. The second kappa shape index (κ2) is 5.40. The Balaban J connectivity index is 1.82. The summed E-state index contributed by atoms with van der Waals surface area (Å²) in [4.78, 5) is 9.05. The summed E-state index contributed by atoms with van der Waals surface area (Å²) in [6.07, 6.45) is 2.09. The molecule has 1 aliphatic heterocycles. The quantitative estimate of drug-likeness (QED) is 0.913. The van der Waals surface area contributed by atoms with Crippen molar-refractivity contribution in [1.82, 2.24) is 10.3 Å². The Labute approximate surface area is 111 Å². The zero-order valence-electron chi connectivity index (χ0n) is 10.6. The lowest BCUT2D eigenvalue weighted by atomic mass is 10.0. The third kappa shape index (κ3) is 3.45. The molecule has 1 N–H and O–H groups in total. The molecular formula is C12H19N3S2. The van der Waals surface area contributed by atoms with E-state index < -0.39 is 0 Å². The SMILES string of the molecule is CCC1(C)CSC(=NCCc2csc(C)n2)N1. The molecule has 1 unspecified atom stereocenters. The van der Waals surface area contributed by atoms with Crippen LogP contribution in [0.5, 0.6) is 0 Å². The number of hydrogen-bond acceptors (Lipinski definition) is 4. The predicted molar refractivity (Wildman–Crippen MR) is 77.1 cm³/mol. The molecule has 0 radical (unpaired) electrons. The lowest BCUT2D eigenvalue weighted by molar-refractivity contribution is 0.466. The van der Waals surface area contributed by atoms with Gasteiger partial charge in [-0.3, -0.25) is 4.99 Å². The molecule has 1 aromatic heterocycles. The van der Waals surface area contributed by atoms with Crippen molar-refractivity contribution in [3.63, 3.8) is 0 Å². The van der Waals surface area contributed by atoms with Crippen LogP contribution in [0.25, 0.3) is 0 Å².